The summed E-state index contributed by atoms with van der Waals surface area (Å²) in [4.78, 5) is 25.5. The lowest BCUT2D eigenvalue weighted by atomic mass is 9.94. The highest BCUT2D eigenvalue weighted by Crippen LogP contribution is 2.34. The topological polar surface area (TPSA) is 78.9 Å². The molecule has 1 atom stereocenters. The normalized spacial score (nSPS) is 16.3. The van der Waals surface area contributed by atoms with Crippen LogP contribution in [0.1, 0.15) is 41.4 Å². The number of aromatic carboxylic acids is 1. The third-order valence-electron chi connectivity index (χ3n) is 4.88. The van der Waals surface area contributed by atoms with E-state index in [1.54, 1.807) is 49.9 Å². The Morgan fingerprint density at radius 3 is 2.43 bits per heavy atom. The molecule has 1 aliphatic rings. The number of benzene rings is 2. The lowest BCUT2D eigenvalue weighted by Gasteiger charge is -2.37. The summed E-state index contributed by atoms with van der Waals surface area (Å²) in [6.07, 6.45) is 0. The number of rotatable bonds is 5. The number of nitrogens with one attached hydrogen (secondary N) is 1. The summed E-state index contributed by atoms with van der Waals surface area (Å²) in [5.74, 6) is -1.96. The van der Waals surface area contributed by atoms with Crippen molar-refractivity contribution in [2.75, 3.05) is 11.5 Å². The number of halogens is 1. The predicted molar refractivity (Wildman–Crippen MR) is 115 cm³/mol. The molecule has 2 N–H and O–H groups in total. The van der Waals surface area contributed by atoms with Gasteiger partial charge in [0.05, 0.1) is 29.5 Å². The quantitative estimate of drug-likeness (QED) is 0.548. The Morgan fingerprint density at radius 2 is 1.87 bits per heavy atom. The van der Waals surface area contributed by atoms with Gasteiger partial charge in [-0.3, -0.25) is 4.90 Å². The van der Waals surface area contributed by atoms with Crippen LogP contribution in [0.3, 0.4) is 0 Å². The van der Waals surface area contributed by atoms with Crippen LogP contribution >= 0.6 is 12.2 Å². The van der Waals surface area contributed by atoms with Crippen LogP contribution in [0, 0.1) is 12.7 Å². The molecule has 0 spiro atoms. The molecule has 0 saturated heterocycles. The van der Waals surface area contributed by atoms with Gasteiger partial charge in [0.25, 0.3) is 0 Å². The molecule has 0 bridgehead atoms. The predicted octanol–water partition coefficient (Wildman–Crippen LogP) is 4.11. The van der Waals surface area contributed by atoms with E-state index in [1.807, 2.05) is 0 Å². The van der Waals surface area contributed by atoms with Crippen molar-refractivity contribution in [3.8, 4) is 0 Å². The number of carbonyl (C=O) groups is 2. The van der Waals surface area contributed by atoms with E-state index >= 15 is 0 Å². The van der Waals surface area contributed by atoms with Crippen molar-refractivity contribution in [1.29, 1.82) is 0 Å². The number of anilines is 1. The van der Waals surface area contributed by atoms with Crippen LogP contribution in [-0.4, -0.2) is 28.8 Å². The highest BCUT2D eigenvalue weighted by molar-refractivity contribution is 7.80. The van der Waals surface area contributed by atoms with Gasteiger partial charge in [-0.05, 0) is 68.4 Å². The summed E-state index contributed by atoms with van der Waals surface area (Å²) in [6, 6.07) is 10.3. The van der Waals surface area contributed by atoms with Crippen molar-refractivity contribution in [3.63, 3.8) is 0 Å². The van der Waals surface area contributed by atoms with Gasteiger partial charge in [0.2, 0.25) is 0 Å². The lowest BCUT2D eigenvalue weighted by Crippen LogP contribution is -2.48. The highest BCUT2D eigenvalue weighted by atomic mass is 32.1. The van der Waals surface area contributed by atoms with Crippen molar-refractivity contribution < 1.29 is 23.8 Å². The first-order valence-electron chi connectivity index (χ1n) is 9.32. The van der Waals surface area contributed by atoms with E-state index in [0.29, 0.717) is 28.1 Å². The summed E-state index contributed by atoms with van der Waals surface area (Å²) in [7, 11) is 0. The van der Waals surface area contributed by atoms with Crippen molar-refractivity contribution in [3.05, 3.63) is 76.2 Å². The Bertz CT molecular complexity index is 1050. The summed E-state index contributed by atoms with van der Waals surface area (Å²) >= 11 is 5.52. The number of carboxylic acids is 1. The molecule has 0 radical (unpaired) electrons. The van der Waals surface area contributed by atoms with Crippen LogP contribution in [0.15, 0.2) is 53.7 Å². The number of thiocarbonyl (C=S) groups is 1. The van der Waals surface area contributed by atoms with Gasteiger partial charge in [-0.2, -0.15) is 0 Å². The third-order valence-corrected chi connectivity index (χ3v) is 5.19. The largest absolute Gasteiger partial charge is 0.478 e. The third kappa shape index (κ3) is 4.04. The fraction of sp³-hybridized carbons (Fsp3) is 0.227. The fourth-order valence-electron chi connectivity index (χ4n) is 3.32. The van der Waals surface area contributed by atoms with E-state index in [9.17, 15) is 14.0 Å². The molecule has 3 rings (SSSR count). The Balaban J connectivity index is 2.11. The number of aryl methyl sites for hydroxylation is 1. The number of hydrogen-bond donors (Lipinski definition) is 2. The second-order valence-corrected chi connectivity index (χ2v) is 7.18. The number of esters is 1. The molecular formula is C22H21FN2O4S. The Morgan fingerprint density at radius 1 is 1.20 bits per heavy atom. The number of hydrogen-bond acceptors (Lipinski definition) is 4. The van der Waals surface area contributed by atoms with E-state index in [4.69, 9.17) is 22.1 Å². The van der Waals surface area contributed by atoms with Crippen LogP contribution in [0.25, 0.3) is 0 Å². The maximum Gasteiger partial charge on any atom is 0.338 e. The number of ether oxygens (including phenoxy) is 1. The molecule has 8 heteroatoms. The van der Waals surface area contributed by atoms with Crippen LogP contribution in [0.5, 0.6) is 0 Å². The van der Waals surface area contributed by atoms with Crippen LogP contribution in [0.2, 0.25) is 0 Å². The summed E-state index contributed by atoms with van der Waals surface area (Å²) in [5.41, 5.74) is 2.59. The maximum absolute atomic E-state index is 14.2. The molecule has 0 amide bonds. The average molecular weight is 428 g/mol. The Kier molecular flexibility index (Phi) is 6.17. The van der Waals surface area contributed by atoms with Gasteiger partial charge in [-0.15, -0.1) is 0 Å². The highest BCUT2D eigenvalue weighted by Gasteiger charge is 2.35. The number of carbonyl (C=O) groups excluding carboxylic acids is 1. The minimum Gasteiger partial charge on any atom is -0.478 e. The minimum atomic E-state index is -1.04. The van der Waals surface area contributed by atoms with E-state index in [0.717, 1.165) is 0 Å². The molecule has 6 nitrogen and oxygen atoms in total. The molecule has 2 aromatic rings. The van der Waals surface area contributed by atoms with Crippen LogP contribution < -0.4 is 10.2 Å². The van der Waals surface area contributed by atoms with Crippen molar-refractivity contribution >= 4 is 35.0 Å². The number of carboxylic acid groups (broad SMARTS) is 1. The molecule has 2 aromatic carbocycles. The lowest BCUT2D eigenvalue weighted by molar-refractivity contribution is -0.139. The monoisotopic (exact) mass is 428 g/mol. The molecule has 0 aliphatic carbocycles. The van der Waals surface area contributed by atoms with Gasteiger partial charge in [0.1, 0.15) is 5.82 Å². The zero-order chi connectivity index (χ0) is 22.0. The molecule has 1 heterocycles. The van der Waals surface area contributed by atoms with Crippen molar-refractivity contribution in [1.82, 2.24) is 5.32 Å². The molecular weight excluding hydrogens is 407 g/mol. The molecule has 0 saturated carbocycles. The van der Waals surface area contributed by atoms with E-state index < -0.39 is 18.0 Å². The van der Waals surface area contributed by atoms with Gasteiger partial charge in [-0.1, -0.05) is 18.2 Å². The molecule has 0 fully saturated rings. The molecule has 156 valence electrons. The van der Waals surface area contributed by atoms with Gasteiger partial charge in [0, 0.05) is 5.70 Å². The van der Waals surface area contributed by atoms with E-state index in [1.165, 1.54) is 18.2 Å². The molecule has 1 unspecified atom stereocenters. The standard InChI is InChI=1S/C22H21FN2O4S/c1-4-29-21(28)18-13(3)25(16-10-5-12(2)17(23)11-16)22(30)24-19(18)14-6-8-15(9-7-14)20(26)27/h5-11,19H,4H2,1-3H3,(H,24,30)(H,26,27). The second-order valence-electron chi connectivity index (χ2n) is 6.80. The zero-order valence-electron chi connectivity index (χ0n) is 16.7. The second kappa shape index (κ2) is 8.62. The van der Waals surface area contributed by atoms with Gasteiger partial charge >= 0.3 is 11.9 Å². The molecule has 0 aromatic heterocycles. The fourth-order valence-corrected chi connectivity index (χ4v) is 3.68. The van der Waals surface area contributed by atoms with Crippen molar-refractivity contribution in [2.45, 2.75) is 26.8 Å². The Labute approximate surface area is 179 Å². The first kappa shape index (κ1) is 21.4. The average Bonchev–Trinajstić information content (AvgIpc) is 2.70. The summed E-state index contributed by atoms with van der Waals surface area (Å²) in [6.45, 7) is 5.27. The first-order valence-corrected chi connectivity index (χ1v) is 9.73. The molecule has 1 aliphatic heterocycles. The van der Waals surface area contributed by atoms with E-state index in [2.05, 4.69) is 5.32 Å². The van der Waals surface area contributed by atoms with E-state index in [-0.39, 0.29) is 23.1 Å². The first-order chi connectivity index (χ1) is 14.2. The van der Waals surface area contributed by atoms with Gasteiger partial charge in [-0.25, -0.2) is 14.0 Å². The smallest absolute Gasteiger partial charge is 0.338 e. The molecule has 30 heavy (non-hydrogen) atoms. The number of nitrogens with zero attached hydrogens (tertiary/aromatic N) is 1. The van der Waals surface area contributed by atoms with Crippen molar-refractivity contribution in [2.24, 2.45) is 0 Å². The number of allylic oxidation sites excluding steroid dienone is 1. The van der Waals surface area contributed by atoms with Crippen LogP contribution in [0.4, 0.5) is 10.1 Å². The Hall–Kier alpha value is -3.26. The van der Waals surface area contributed by atoms with Gasteiger partial charge in [0.15, 0.2) is 5.11 Å². The summed E-state index contributed by atoms with van der Waals surface area (Å²) < 4.78 is 19.4. The zero-order valence-corrected chi connectivity index (χ0v) is 17.5. The van der Waals surface area contributed by atoms with Crippen LogP contribution in [-0.2, 0) is 9.53 Å². The summed E-state index contributed by atoms with van der Waals surface area (Å²) in [5, 5.41) is 12.5. The van der Waals surface area contributed by atoms with Gasteiger partial charge < -0.3 is 15.2 Å². The SMILES string of the molecule is CCOC(=O)C1=C(C)N(c2ccc(C)c(F)c2)C(=S)NC1c1ccc(C(=O)O)cc1. The minimum absolute atomic E-state index is 0.132. The maximum atomic E-state index is 14.2.